The summed E-state index contributed by atoms with van der Waals surface area (Å²) in [5.41, 5.74) is 2.60. The first-order chi connectivity index (χ1) is 14.8. The van der Waals surface area contributed by atoms with Crippen LogP contribution in [0.25, 0.3) is 0 Å². The van der Waals surface area contributed by atoms with Crippen molar-refractivity contribution < 1.29 is 9.53 Å². The molecule has 2 nitrogen and oxygen atoms in total. The van der Waals surface area contributed by atoms with Gasteiger partial charge in [0.1, 0.15) is 5.78 Å². The highest BCUT2D eigenvalue weighted by molar-refractivity contribution is 5.85. The maximum atomic E-state index is 12.9. The van der Waals surface area contributed by atoms with Crippen LogP contribution in [-0.2, 0) is 9.53 Å². The van der Waals surface area contributed by atoms with Gasteiger partial charge in [-0.05, 0) is 112 Å². The largest absolute Gasteiger partial charge is 0.367 e. The number of fused-ring (bicyclic) bond motifs is 5. The fourth-order valence-electron chi connectivity index (χ4n) is 10.3. The van der Waals surface area contributed by atoms with E-state index in [-0.39, 0.29) is 11.0 Å². The lowest BCUT2D eigenvalue weighted by Crippen LogP contribution is -2.63. The first kappa shape index (κ1) is 23.1. The van der Waals surface area contributed by atoms with Crippen molar-refractivity contribution in [2.24, 2.45) is 45.3 Å². The second-order valence-corrected chi connectivity index (χ2v) is 14.4. The lowest BCUT2D eigenvalue weighted by molar-refractivity contribution is -0.201. The summed E-state index contributed by atoms with van der Waals surface area (Å²) in [7, 11) is 0. The van der Waals surface area contributed by atoms with E-state index in [0.29, 0.717) is 40.0 Å². The zero-order chi connectivity index (χ0) is 23.3. The normalized spacial score (nSPS) is 50.8. The Morgan fingerprint density at radius 1 is 0.906 bits per heavy atom. The first-order valence-corrected chi connectivity index (χ1v) is 13.7. The Bertz CT molecular complexity index is 823. The number of carbonyl (C=O) groups is 1. The molecule has 0 aromatic carbocycles. The second kappa shape index (κ2) is 6.96. The molecule has 8 atom stereocenters. The van der Waals surface area contributed by atoms with Gasteiger partial charge in [-0.2, -0.15) is 0 Å². The van der Waals surface area contributed by atoms with Crippen molar-refractivity contribution in [2.75, 3.05) is 0 Å². The molecule has 0 aromatic rings. The third kappa shape index (κ3) is 2.96. The molecule has 0 amide bonds. The lowest BCUT2D eigenvalue weighted by Gasteiger charge is -2.69. The van der Waals surface area contributed by atoms with Crippen LogP contribution in [0.5, 0.6) is 0 Å². The molecule has 4 saturated carbocycles. The van der Waals surface area contributed by atoms with Crippen LogP contribution in [-0.4, -0.2) is 17.5 Å². The quantitative estimate of drug-likeness (QED) is 0.330. The summed E-state index contributed by atoms with van der Waals surface area (Å²) in [4.78, 5) is 12.9. The molecule has 0 aromatic heterocycles. The molecule has 32 heavy (non-hydrogen) atoms. The van der Waals surface area contributed by atoms with Crippen molar-refractivity contribution in [1.29, 1.82) is 0 Å². The molecule has 0 spiro atoms. The van der Waals surface area contributed by atoms with E-state index in [2.05, 4.69) is 55.0 Å². The molecule has 1 heterocycles. The van der Waals surface area contributed by atoms with Crippen molar-refractivity contribution in [3.05, 3.63) is 12.2 Å². The van der Waals surface area contributed by atoms with Crippen molar-refractivity contribution in [3.8, 4) is 0 Å². The van der Waals surface area contributed by atoms with E-state index in [1.807, 2.05) is 0 Å². The van der Waals surface area contributed by atoms with E-state index in [1.165, 1.54) is 44.1 Å². The van der Waals surface area contributed by atoms with Crippen LogP contribution < -0.4 is 0 Å². The van der Waals surface area contributed by atoms with Gasteiger partial charge in [0.05, 0.1) is 11.7 Å². The maximum absolute atomic E-state index is 12.9. The average Bonchev–Trinajstić information content (AvgIpc) is 3.15. The van der Waals surface area contributed by atoms with E-state index < -0.39 is 0 Å². The molecular weight excluding hydrogens is 392 g/mol. The predicted molar refractivity (Wildman–Crippen MR) is 131 cm³/mol. The highest BCUT2D eigenvalue weighted by Crippen LogP contribution is 2.75. The number of rotatable bonds is 4. The van der Waals surface area contributed by atoms with Gasteiger partial charge in [-0.15, -0.1) is 0 Å². The van der Waals surface area contributed by atoms with Gasteiger partial charge in [-0.25, -0.2) is 0 Å². The number of carbonyl (C=O) groups excluding carboxylic acids is 1. The minimum atomic E-state index is -0.142. The smallest absolute Gasteiger partial charge is 0.138 e. The van der Waals surface area contributed by atoms with Crippen molar-refractivity contribution in [3.63, 3.8) is 0 Å². The summed E-state index contributed by atoms with van der Waals surface area (Å²) in [6.45, 7) is 21.5. The number of hydrogen-bond acceptors (Lipinski definition) is 2. The number of Topliss-reactive ketones (excluding diaryl/α,β-unsaturated/α-hetero) is 1. The molecule has 0 bridgehead atoms. The molecular formula is C30H48O2. The Labute approximate surface area is 197 Å². The third-order valence-electron chi connectivity index (χ3n) is 12.6. The average molecular weight is 441 g/mol. The number of epoxide rings is 1. The molecule has 5 fully saturated rings. The Balaban J connectivity index is 1.37. The van der Waals surface area contributed by atoms with Crippen molar-refractivity contribution >= 4 is 5.78 Å². The molecule has 1 unspecified atom stereocenters. The predicted octanol–water partition coefficient (Wildman–Crippen LogP) is 7.75. The lowest BCUT2D eigenvalue weighted by atomic mass is 9.35. The maximum Gasteiger partial charge on any atom is 0.138 e. The Kier molecular flexibility index (Phi) is 5.03. The molecule has 4 aliphatic carbocycles. The van der Waals surface area contributed by atoms with Gasteiger partial charge >= 0.3 is 0 Å². The van der Waals surface area contributed by atoms with Gasteiger partial charge in [0.15, 0.2) is 0 Å². The van der Waals surface area contributed by atoms with Crippen LogP contribution in [0.4, 0.5) is 0 Å². The Morgan fingerprint density at radius 3 is 2.22 bits per heavy atom. The molecule has 0 N–H and O–H groups in total. The molecule has 5 aliphatic rings. The SMILES string of the molecule is C=C(CCC1OC1(C)C)[C@H]1CC[C@]2(C)[C@@H]1CC[C@@H]1[C@@]3(C)CCC(=O)C(C)(C)[C@@H]3CC[C@]12C. The molecule has 180 valence electrons. The minimum Gasteiger partial charge on any atom is -0.367 e. The van der Waals surface area contributed by atoms with Crippen LogP contribution in [0, 0.1) is 45.3 Å². The van der Waals surface area contributed by atoms with Gasteiger partial charge in [0, 0.05) is 11.8 Å². The molecule has 2 heteroatoms. The highest BCUT2D eigenvalue weighted by atomic mass is 16.6. The summed E-state index contributed by atoms with van der Waals surface area (Å²) in [5.74, 6) is 3.33. The third-order valence-corrected chi connectivity index (χ3v) is 12.6. The van der Waals surface area contributed by atoms with Gasteiger partial charge < -0.3 is 4.74 Å². The van der Waals surface area contributed by atoms with E-state index in [9.17, 15) is 4.79 Å². The van der Waals surface area contributed by atoms with E-state index in [0.717, 1.165) is 37.5 Å². The Hall–Kier alpha value is -0.630. The topological polar surface area (TPSA) is 29.6 Å². The number of allylic oxidation sites excluding steroid dienone is 1. The fourth-order valence-corrected chi connectivity index (χ4v) is 10.3. The summed E-state index contributed by atoms with van der Waals surface area (Å²) in [6, 6.07) is 0. The summed E-state index contributed by atoms with van der Waals surface area (Å²) in [6.07, 6.45) is 12.6. The van der Waals surface area contributed by atoms with Crippen molar-refractivity contribution in [2.45, 2.75) is 124 Å². The minimum absolute atomic E-state index is 0.0965. The van der Waals surface area contributed by atoms with Crippen molar-refractivity contribution in [1.82, 2.24) is 0 Å². The summed E-state index contributed by atoms with van der Waals surface area (Å²) >= 11 is 0. The van der Waals surface area contributed by atoms with Crippen LogP contribution in [0.1, 0.15) is 113 Å². The standard InChI is InChI=1S/C30H48O2/c1-19(9-12-25-27(4,5)32-25)20-13-17-29(7)21(20)10-11-23-28(6)16-15-24(31)26(2,3)22(28)14-18-30(23,29)8/h20-23,25H,1,9-18H2,2-8H3/t20-,21-,22+,23-,25?,28+,29-,30-/m1/s1. The van der Waals surface area contributed by atoms with Gasteiger partial charge in [-0.1, -0.05) is 46.8 Å². The molecule has 0 radical (unpaired) electrons. The zero-order valence-corrected chi connectivity index (χ0v) is 22.0. The molecule has 1 aliphatic heterocycles. The van der Waals surface area contributed by atoms with Gasteiger partial charge in [-0.3, -0.25) is 4.79 Å². The Morgan fingerprint density at radius 2 is 1.56 bits per heavy atom. The van der Waals surface area contributed by atoms with E-state index >= 15 is 0 Å². The second-order valence-electron chi connectivity index (χ2n) is 14.4. The fraction of sp³-hybridized carbons (Fsp3) is 0.900. The first-order valence-electron chi connectivity index (χ1n) is 13.7. The summed E-state index contributed by atoms with van der Waals surface area (Å²) < 4.78 is 5.85. The van der Waals surface area contributed by atoms with E-state index in [1.54, 1.807) is 0 Å². The van der Waals surface area contributed by atoms with Crippen LogP contribution in [0.15, 0.2) is 12.2 Å². The zero-order valence-electron chi connectivity index (χ0n) is 22.0. The molecule has 1 saturated heterocycles. The number of ether oxygens (including phenoxy) is 1. The van der Waals surface area contributed by atoms with Crippen LogP contribution in [0.2, 0.25) is 0 Å². The molecule has 5 rings (SSSR count). The van der Waals surface area contributed by atoms with Gasteiger partial charge in [0.25, 0.3) is 0 Å². The number of ketones is 1. The van der Waals surface area contributed by atoms with E-state index in [4.69, 9.17) is 4.74 Å². The van der Waals surface area contributed by atoms with Gasteiger partial charge in [0.2, 0.25) is 0 Å². The van der Waals surface area contributed by atoms with Crippen LogP contribution >= 0.6 is 0 Å². The summed E-state index contributed by atoms with van der Waals surface area (Å²) in [5, 5.41) is 0. The monoisotopic (exact) mass is 440 g/mol. The highest BCUT2D eigenvalue weighted by Gasteiger charge is 2.68. The number of hydrogen-bond donors (Lipinski definition) is 0. The van der Waals surface area contributed by atoms with Crippen LogP contribution in [0.3, 0.4) is 0 Å².